The van der Waals surface area contributed by atoms with Crippen LogP contribution in [0.4, 0.5) is 10.2 Å². The first kappa shape index (κ1) is 16.0. The minimum absolute atomic E-state index is 0.273. The highest BCUT2D eigenvalue weighted by atomic mass is 19.1. The van der Waals surface area contributed by atoms with Crippen LogP contribution in [0, 0.1) is 12.7 Å². The summed E-state index contributed by atoms with van der Waals surface area (Å²) in [4.78, 5) is 10.9. The summed E-state index contributed by atoms with van der Waals surface area (Å²) in [5, 5.41) is 13.9. The second-order valence-corrected chi connectivity index (χ2v) is 6.92. The molecule has 1 aliphatic rings. The van der Waals surface area contributed by atoms with Crippen LogP contribution in [0.25, 0.3) is 16.6 Å². The number of fused-ring (bicyclic) bond motifs is 2. The van der Waals surface area contributed by atoms with E-state index in [1.165, 1.54) is 12.1 Å². The summed E-state index contributed by atoms with van der Waals surface area (Å²) < 4.78 is 15.6. The minimum atomic E-state index is -0.273. The number of aryl methyl sites for hydroxylation is 1. The quantitative estimate of drug-likeness (QED) is 0.545. The predicted molar refractivity (Wildman–Crippen MR) is 99.2 cm³/mol. The van der Waals surface area contributed by atoms with Gasteiger partial charge in [-0.2, -0.15) is 9.61 Å². The van der Waals surface area contributed by atoms with Crippen LogP contribution in [0.1, 0.15) is 30.3 Å². The van der Waals surface area contributed by atoms with Crippen molar-refractivity contribution in [2.75, 3.05) is 18.0 Å². The molecule has 5 rings (SSSR count). The Kier molecular flexibility index (Phi) is 3.70. The summed E-state index contributed by atoms with van der Waals surface area (Å²) in [6.07, 6.45) is 3.37. The van der Waals surface area contributed by atoms with E-state index in [2.05, 4.69) is 30.2 Å². The summed E-state index contributed by atoms with van der Waals surface area (Å²) in [6.45, 7) is 3.59. The summed E-state index contributed by atoms with van der Waals surface area (Å²) in [7, 11) is 0. The van der Waals surface area contributed by atoms with Crippen LogP contribution < -0.4 is 4.90 Å². The highest BCUT2D eigenvalue weighted by Gasteiger charge is 2.26. The van der Waals surface area contributed by atoms with Gasteiger partial charge in [-0.25, -0.2) is 14.4 Å². The first-order chi connectivity index (χ1) is 13.2. The second-order valence-electron chi connectivity index (χ2n) is 6.92. The maximum absolute atomic E-state index is 13.7. The smallest absolute Gasteiger partial charge is 0.177 e. The highest BCUT2D eigenvalue weighted by Crippen LogP contribution is 2.31. The Morgan fingerprint density at radius 2 is 1.89 bits per heavy atom. The molecule has 0 bridgehead atoms. The van der Waals surface area contributed by atoms with Crippen LogP contribution >= 0.6 is 0 Å². The van der Waals surface area contributed by atoms with E-state index in [4.69, 9.17) is 0 Å². The molecule has 27 heavy (non-hydrogen) atoms. The average Bonchev–Trinajstić information content (AvgIpc) is 3.10. The number of piperidine rings is 1. The van der Waals surface area contributed by atoms with Crippen LogP contribution in [0.3, 0.4) is 0 Å². The summed E-state index contributed by atoms with van der Waals surface area (Å²) in [5.74, 6) is 1.71. The third-order valence-corrected chi connectivity index (χ3v) is 5.16. The number of halogens is 1. The van der Waals surface area contributed by atoms with Crippen LogP contribution in [-0.4, -0.2) is 42.9 Å². The fourth-order valence-electron chi connectivity index (χ4n) is 3.77. The molecule has 8 heteroatoms. The van der Waals surface area contributed by atoms with E-state index in [9.17, 15) is 4.39 Å². The largest absolute Gasteiger partial charge is 0.356 e. The zero-order valence-electron chi connectivity index (χ0n) is 14.9. The van der Waals surface area contributed by atoms with Gasteiger partial charge in [0.1, 0.15) is 18.0 Å². The SMILES string of the molecule is Cc1ccc2nnc(C3CCN(c4ncnc5ccc(F)cc45)CC3)n2n1. The number of rotatable bonds is 2. The van der Waals surface area contributed by atoms with Crippen molar-refractivity contribution in [1.82, 2.24) is 29.8 Å². The minimum Gasteiger partial charge on any atom is -0.356 e. The normalized spacial score (nSPS) is 15.7. The predicted octanol–water partition coefficient (Wildman–Crippen LogP) is 2.90. The fraction of sp³-hybridized carbons (Fsp3) is 0.316. The van der Waals surface area contributed by atoms with E-state index in [0.717, 1.165) is 59.8 Å². The van der Waals surface area contributed by atoms with Crippen molar-refractivity contribution in [2.24, 2.45) is 0 Å². The van der Waals surface area contributed by atoms with Crippen LogP contribution in [-0.2, 0) is 0 Å². The fourth-order valence-corrected chi connectivity index (χ4v) is 3.77. The molecule has 1 aromatic carbocycles. The number of nitrogens with zero attached hydrogens (tertiary/aromatic N) is 7. The number of anilines is 1. The number of hydrogen-bond donors (Lipinski definition) is 0. The van der Waals surface area contributed by atoms with Gasteiger partial charge >= 0.3 is 0 Å². The number of benzene rings is 1. The van der Waals surface area contributed by atoms with Crippen LogP contribution in [0.2, 0.25) is 0 Å². The zero-order valence-corrected chi connectivity index (χ0v) is 14.9. The molecular weight excluding hydrogens is 345 g/mol. The lowest BCUT2D eigenvalue weighted by Gasteiger charge is -2.32. The first-order valence-electron chi connectivity index (χ1n) is 9.03. The maximum atomic E-state index is 13.7. The molecule has 0 unspecified atom stereocenters. The van der Waals surface area contributed by atoms with Crippen molar-refractivity contribution in [3.8, 4) is 0 Å². The second kappa shape index (κ2) is 6.22. The zero-order chi connectivity index (χ0) is 18.4. The average molecular weight is 363 g/mol. The van der Waals surface area contributed by atoms with Gasteiger partial charge in [0.15, 0.2) is 11.5 Å². The summed E-state index contributed by atoms with van der Waals surface area (Å²) in [5.41, 5.74) is 2.47. The van der Waals surface area contributed by atoms with Crippen molar-refractivity contribution in [1.29, 1.82) is 0 Å². The maximum Gasteiger partial charge on any atom is 0.177 e. The van der Waals surface area contributed by atoms with Gasteiger partial charge < -0.3 is 4.90 Å². The molecule has 4 heterocycles. The molecule has 0 spiro atoms. The molecule has 136 valence electrons. The van der Waals surface area contributed by atoms with Gasteiger partial charge in [0.05, 0.1) is 11.2 Å². The molecule has 1 aliphatic heterocycles. The molecule has 0 amide bonds. The third-order valence-electron chi connectivity index (χ3n) is 5.16. The Morgan fingerprint density at radius 1 is 1.04 bits per heavy atom. The van der Waals surface area contributed by atoms with Crippen molar-refractivity contribution in [3.63, 3.8) is 0 Å². The lowest BCUT2D eigenvalue weighted by Crippen LogP contribution is -2.34. The molecule has 1 saturated heterocycles. The summed E-state index contributed by atoms with van der Waals surface area (Å²) >= 11 is 0. The van der Waals surface area contributed by atoms with Crippen LogP contribution in [0.15, 0.2) is 36.7 Å². The molecule has 3 aromatic heterocycles. The van der Waals surface area contributed by atoms with Crippen LogP contribution in [0.5, 0.6) is 0 Å². The summed E-state index contributed by atoms with van der Waals surface area (Å²) in [6, 6.07) is 8.51. The van der Waals surface area contributed by atoms with E-state index >= 15 is 0 Å². The Hall–Kier alpha value is -3.16. The van der Waals surface area contributed by atoms with E-state index in [-0.39, 0.29) is 11.7 Å². The molecule has 0 radical (unpaired) electrons. The van der Waals surface area contributed by atoms with Gasteiger partial charge in [0.25, 0.3) is 0 Å². The Balaban J connectivity index is 1.42. The van der Waals surface area contributed by atoms with Crippen molar-refractivity contribution < 1.29 is 4.39 Å². The van der Waals surface area contributed by atoms with E-state index in [1.807, 2.05) is 23.6 Å². The Morgan fingerprint density at radius 3 is 2.74 bits per heavy atom. The van der Waals surface area contributed by atoms with E-state index < -0.39 is 0 Å². The van der Waals surface area contributed by atoms with Crippen molar-refractivity contribution >= 4 is 22.4 Å². The van der Waals surface area contributed by atoms with E-state index in [1.54, 1.807) is 12.4 Å². The van der Waals surface area contributed by atoms with Gasteiger partial charge in [-0.3, -0.25) is 0 Å². The number of hydrogen-bond acceptors (Lipinski definition) is 6. The lowest BCUT2D eigenvalue weighted by atomic mass is 9.96. The topological polar surface area (TPSA) is 72.1 Å². The lowest BCUT2D eigenvalue weighted by molar-refractivity contribution is 0.475. The van der Waals surface area contributed by atoms with Gasteiger partial charge in [-0.15, -0.1) is 10.2 Å². The highest BCUT2D eigenvalue weighted by molar-refractivity contribution is 5.89. The molecular formula is C19H18FN7. The molecule has 1 fully saturated rings. The number of aromatic nitrogens is 6. The molecule has 0 aliphatic carbocycles. The molecule has 0 N–H and O–H groups in total. The monoisotopic (exact) mass is 363 g/mol. The standard InChI is InChI=1S/C19H18FN7/c1-12-2-5-17-23-24-18(27(17)25-12)13-6-8-26(9-7-13)19-15-10-14(20)3-4-16(15)21-11-22-19/h2-5,10-11,13H,6-9H2,1H3. The molecule has 0 saturated carbocycles. The molecule has 7 nitrogen and oxygen atoms in total. The van der Waals surface area contributed by atoms with Gasteiger partial charge in [-0.05, 0) is 50.1 Å². The van der Waals surface area contributed by atoms with Gasteiger partial charge in [0.2, 0.25) is 0 Å². The van der Waals surface area contributed by atoms with Crippen molar-refractivity contribution in [2.45, 2.75) is 25.7 Å². The third kappa shape index (κ3) is 2.77. The van der Waals surface area contributed by atoms with Crippen molar-refractivity contribution in [3.05, 3.63) is 54.0 Å². The molecule has 4 aromatic rings. The molecule has 0 atom stereocenters. The van der Waals surface area contributed by atoms with Gasteiger partial charge in [-0.1, -0.05) is 0 Å². The Bertz CT molecular complexity index is 1130. The Labute approximate surface area is 154 Å². The van der Waals surface area contributed by atoms with E-state index in [0.29, 0.717) is 0 Å². The first-order valence-corrected chi connectivity index (χ1v) is 9.03. The van der Waals surface area contributed by atoms with Gasteiger partial charge in [0, 0.05) is 24.4 Å².